The van der Waals surface area contributed by atoms with Crippen LogP contribution in [-0.4, -0.2) is 9.55 Å². The number of nitrogens with one attached hydrogen (secondary N) is 1. The fourth-order valence-corrected chi connectivity index (χ4v) is 1.80. The van der Waals surface area contributed by atoms with Gasteiger partial charge < -0.3 is 0 Å². The number of aromatic nitrogens is 2. The summed E-state index contributed by atoms with van der Waals surface area (Å²) in [6.07, 6.45) is 2.11. The van der Waals surface area contributed by atoms with E-state index in [1.165, 1.54) is 10.8 Å². The Kier molecular flexibility index (Phi) is 3.67. The first-order valence-corrected chi connectivity index (χ1v) is 5.26. The number of rotatable bonds is 3. The van der Waals surface area contributed by atoms with Crippen molar-refractivity contribution in [3.05, 3.63) is 32.6 Å². The summed E-state index contributed by atoms with van der Waals surface area (Å²) in [4.78, 5) is 25.0. The molecule has 0 aromatic carbocycles. The van der Waals surface area contributed by atoms with E-state index in [4.69, 9.17) is 5.26 Å². The van der Waals surface area contributed by atoms with Crippen LogP contribution in [0.25, 0.3) is 0 Å². The van der Waals surface area contributed by atoms with Gasteiger partial charge in [-0.3, -0.25) is 14.3 Å². The number of hydrogen-bond donors (Lipinski definition) is 1. The van der Waals surface area contributed by atoms with Crippen molar-refractivity contribution in [2.24, 2.45) is 5.92 Å². The highest BCUT2D eigenvalue weighted by Crippen LogP contribution is 2.18. The summed E-state index contributed by atoms with van der Waals surface area (Å²) in [5.74, 6) is 0.264. The van der Waals surface area contributed by atoms with Crippen LogP contribution >= 0.6 is 0 Å². The first-order valence-electron chi connectivity index (χ1n) is 5.26. The minimum Gasteiger partial charge on any atom is -0.296 e. The van der Waals surface area contributed by atoms with Crippen LogP contribution in [0.4, 0.5) is 0 Å². The molecule has 1 atom stereocenters. The third kappa shape index (κ3) is 2.22. The maximum atomic E-state index is 11.6. The average Bonchev–Trinajstić information content (AvgIpc) is 2.21. The molecule has 1 aromatic rings. The Bertz CT molecular complexity index is 519. The Morgan fingerprint density at radius 1 is 1.50 bits per heavy atom. The lowest BCUT2D eigenvalue weighted by Gasteiger charge is -2.21. The lowest BCUT2D eigenvalue weighted by atomic mass is 10.0. The molecule has 1 aromatic heterocycles. The Labute approximate surface area is 93.4 Å². The van der Waals surface area contributed by atoms with Crippen LogP contribution in [0.5, 0.6) is 0 Å². The smallest absolute Gasteiger partial charge is 0.296 e. The van der Waals surface area contributed by atoms with E-state index in [0.717, 1.165) is 6.42 Å². The fraction of sp³-hybridized carbons (Fsp3) is 0.545. The van der Waals surface area contributed by atoms with E-state index in [1.54, 1.807) is 6.07 Å². The second-order valence-electron chi connectivity index (χ2n) is 4.04. The topological polar surface area (TPSA) is 78.7 Å². The van der Waals surface area contributed by atoms with Crippen molar-refractivity contribution in [2.75, 3.05) is 0 Å². The molecule has 1 unspecified atom stereocenters. The molecule has 0 radical (unpaired) electrons. The van der Waals surface area contributed by atoms with Gasteiger partial charge in [0.05, 0.1) is 0 Å². The fourth-order valence-electron chi connectivity index (χ4n) is 1.80. The van der Waals surface area contributed by atoms with Gasteiger partial charge in [-0.1, -0.05) is 20.8 Å². The van der Waals surface area contributed by atoms with E-state index in [2.05, 4.69) is 4.98 Å². The molecule has 1 N–H and O–H groups in total. The third-order valence-corrected chi connectivity index (χ3v) is 2.63. The van der Waals surface area contributed by atoms with Crippen molar-refractivity contribution in [1.29, 1.82) is 5.26 Å². The van der Waals surface area contributed by atoms with Gasteiger partial charge in [-0.15, -0.1) is 0 Å². The molecule has 1 rings (SSSR count). The highest BCUT2D eigenvalue weighted by Gasteiger charge is 2.16. The summed E-state index contributed by atoms with van der Waals surface area (Å²) < 4.78 is 1.44. The number of nitrogens with zero attached hydrogens (tertiary/aromatic N) is 2. The predicted molar refractivity (Wildman–Crippen MR) is 60.2 cm³/mol. The normalized spacial score (nSPS) is 12.4. The molecule has 0 fully saturated rings. The summed E-state index contributed by atoms with van der Waals surface area (Å²) >= 11 is 0. The van der Waals surface area contributed by atoms with Crippen molar-refractivity contribution in [3.63, 3.8) is 0 Å². The summed E-state index contributed by atoms with van der Waals surface area (Å²) in [5, 5.41) is 8.74. The Balaban J connectivity index is 3.40. The largest absolute Gasteiger partial charge is 0.328 e. The average molecular weight is 221 g/mol. The highest BCUT2D eigenvalue weighted by atomic mass is 16.2. The second kappa shape index (κ2) is 4.79. The number of aromatic amines is 1. The zero-order chi connectivity index (χ0) is 12.3. The van der Waals surface area contributed by atoms with Crippen molar-refractivity contribution < 1.29 is 0 Å². The lowest BCUT2D eigenvalue weighted by molar-refractivity contribution is 0.351. The molecule has 0 amide bonds. The summed E-state index contributed by atoms with van der Waals surface area (Å²) in [6, 6.07) is 1.77. The van der Waals surface area contributed by atoms with Gasteiger partial charge in [0, 0.05) is 12.2 Å². The summed E-state index contributed by atoms with van der Waals surface area (Å²) in [5.41, 5.74) is -1.11. The molecule has 86 valence electrons. The molecule has 0 spiro atoms. The van der Waals surface area contributed by atoms with Gasteiger partial charge in [-0.05, 0) is 12.3 Å². The SMILES string of the molecule is CCC(C(C)C)n1cc(C#N)c(=O)[nH]c1=O. The minimum absolute atomic E-state index is 0.00329. The molecule has 16 heavy (non-hydrogen) atoms. The first kappa shape index (κ1) is 12.2. The van der Waals surface area contributed by atoms with Gasteiger partial charge in [-0.25, -0.2) is 4.79 Å². The first-order chi connectivity index (χ1) is 7.51. The maximum Gasteiger partial charge on any atom is 0.328 e. The van der Waals surface area contributed by atoms with Gasteiger partial charge in [0.15, 0.2) is 0 Å². The number of H-pyrrole nitrogens is 1. The molecule has 0 aliphatic carbocycles. The van der Waals surface area contributed by atoms with Gasteiger partial charge >= 0.3 is 5.69 Å². The molecule has 0 aliphatic rings. The van der Waals surface area contributed by atoms with Crippen molar-refractivity contribution in [1.82, 2.24) is 9.55 Å². The third-order valence-electron chi connectivity index (χ3n) is 2.63. The second-order valence-corrected chi connectivity index (χ2v) is 4.04. The number of nitriles is 1. The quantitative estimate of drug-likeness (QED) is 0.827. The standard InChI is InChI=1S/C11H15N3O2/c1-4-9(7(2)3)14-6-8(5-12)10(15)13-11(14)16/h6-7,9H,4H2,1-3H3,(H,13,15,16). The molecular weight excluding hydrogens is 206 g/mol. The molecule has 0 saturated heterocycles. The molecular formula is C11H15N3O2. The Hall–Kier alpha value is -1.83. The van der Waals surface area contributed by atoms with Crippen LogP contribution in [0, 0.1) is 17.2 Å². The Morgan fingerprint density at radius 3 is 2.56 bits per heavy atom. The lowest BCUT2D eigenvalue weighted by Crippen LogP contribution is -2.34. The van der Waals surface area contributed by atoms with Gasteiger partial charge in [-0.2, -0.15) is 5.26 Å². The van der Waals surface area contributed by atoms with E-state index in [9.17, 15) is 9.59 Å². The van der Waals surface area contributed by atoms with E-state index >= 15 is 0 Å². The monoisotopic (exact) mass is 221 g/mol. The van der Waals surface area contributed by atoms with Crippen LogP contribution in [0.2, 0.25) is 0 Å². The van der Waals surface area contributed by atoms with E-state index in [0.29, 0.717) is 0 Å². The minimum atomic E-state index is -0.623. The maximum absolute atomic E-state index is 11.6. The van der Waals surface area contributed by atoms with Crippen molar-refractivity contribution in [3.8, 4) is 6.07 Å². The van der Waals surface area contributed by atoms with Crippen LogP contribution in [0.15, 0.2) is 15.8 Å². The molecule has 5 heteroatoms. The molecule has 5 nitrogen and oxygen atoms in total. The van der Waals surface area contributed by atoms with Crippen molar-refractivity contribution in [2.45, 2.75) is 33.2 Å². The molecule has 0 aliphatic heterocycles. The summed E-state index contributed by atoms with van der Waals surface area (Å²) in [7, 11) is 0. The molecule has 0 bridgehead atoms. The molecule has 1 heterocycles. The Morgan fingerprint density at radius 2 is 2.12 bits per heavy atom. The van der Waals surface area contributed by atoms with E-state index in [-0.39, 0.29) is 17.5 Å². The van der Waals surface area contributed by atoms with Crippen LogP contribution in [0.3, 0.4) is 0 Å². The van der Waals surface area contributed by atoms with Gasteiger partial charge in [0.2, 0.25) is 0 Å². The van der Waals surface area contributed by atoms with Gasteiger partial charge in [0.25, 0.3) is 5.56 Å². The zero-order valence-corrected chi connectivity index (χ0v) is 9.65. The zero-order valence-electron chi connectivity index (χ0n) is 9.65. The van der Waals surface area contributed by atoms with E-state index in [1.807, 2.05) is 20.8 Å². The summed E-state index contributed by atoms with van der Waals surface area (Å²) in [6.45, 7) is 5.96. The highest BCUT2D eigenvalue weighted by molar-refractivity contribution is 5.21. The predicted octanol–water partition coefficient (Wildman–Crippen LogP) is 1.02. The number of hydrogen-bond acceptors (Lipinski definition) is 3. The molecule has 0 saturated carbocycles. The van der Waals surface area contributed by atoms with Crippen LogP contribution < -0.4 is 11.2 Å². The van der Waals surface area contributed by atoms with Crippen molar-refractivity contribution >= 4 is 0 Å². The van der Waals surface area contributed by atoms with Gasteiger partial charge in [0.1, 0.15) is 11.6 Å². The van der Waals surface area contributed by atoms with E-state index < -0.39 is 11.2 Å². The van der Waals surface area contributed by atoms with Crippen LogP contribution in [-0.2, 0) is 0 Å². The van der Waals surface area contributed by atoms with Crippen LogP contribution in [0.1, 0.15) is 38.8 Å².